The summed E-state index contributed by atoms with van der Waals surface area (Å²) in [6.07, 6.45) is 17.5. The summed E-state index contributed by atoms with van der Waals surface area (Å²) in [5.74, 6) is -1.20. The van der Waals surface area contributed by atoms with Gasteiger partial charge in [-0.2, -0.15) is 0 Å². The zero-order valence-corrected chi connectivity index (χ0v) is 44.1. The molecular formula is C66H64N6O5. The smallest absolute Gasteiger partial charge is 0.261 e. The van der Waals surface area contributed by atoms with E-state index in [9.17, 15) is 14.7 Å². The van der Waals surface area contributed by atoms with Gasteiger partial charge in [-0.25, -0.2) is 4.98 Å². The zero-order valence-electron chi connectivity index (χ0n) is 44.1. The van der Waals surface area contributed by atoms with Crippen molar-refractivity contribution in [2.45, 2.75) is 110 Å². The molecule has 9 aromatic rings. The molecule has 0 saturated carbocycles. The van der Waals surface area contributed by atoms with Crippen LogP contribution < -0.4 is 4.90 Å². The van der Waals surface area contributed by atoms with Gasteiger partial charge in [-0.05, 0) is 130 Å². The number of aliphatic hydroxyl groups is 1. The molecule has 3 aromatic heterocycles. The molecule has 0 bridgehead atoms. The van der Waals surface area contributed by atoms with Crippen LogP contribution in [0.1, 0.15) is 145 Å². The summed E-state index contributed by atoms with van der Waals surface area (Å²) in [5.41, 5.74) is 9.18. The van der Waals surface area contributed by atoms with Crippen LogP contribution in [0.4, 0.5) is 5.69 Å². The van der Waals surface area contributed by atoms with Crippen molar-refractivity contribution in [3.8, 4) is 45.0 Å². The number of fused-ring (bicyclic) bond motifs is 2. The van der Waals surface area contributed by atoms with E-state index in [1.807, 2.05) is 84.9 Å². The Labute approximate surface area is 449 Å². The van der Waals surface area contributed by atoms with Gasteiger partial charge in [0.15, 0.2) is 0 Å². The number of aliphatic hydroxyl groups excluding tert-OH is 1. The number of carbonyl (C=O) groups is 4. The van der Waals surface area contributed by atoms with E-state index in [4.69, 9.17) is 4.98 Å². The summed E-state index contributed by atoms with van der Waals surface area (Å²) in [5, 5.41) is 17.1. The molecule has 1 fully saturated rings. The Morgan fingerprint density at radius 2 is 0.974 bits per heavy atom. The van der Waals surface area contributed by atoms with Gasteiger partial charge in [0, 0.05) is 76.0 Å². The van der Waals surface area contributed by atoms with Crippen LogP contribution in [-0.2, 0) is 0 Å². The van der Waals surface area contributed by atoms with Crippen molar-refractivity contribution in [3.05, 3.63) is 144 Å². The molecule has 77 heavy (non-hydrogen) atoms. The summed E-state index contributed by atoms with van der Waals surface area (Å²) in [4.78, 5) is 79.2. The number of pyridine rings is 3. The fourth-order valence-electron chi connectivity index (χ4n) is 12.7. The first kappa shape index (κ1) is 50.0. The van der Waals surface area contributed by atoms with Crippen LogP contribution in [0.3, 0.4) is 0 Å². The third kappa shape index (κ3) is 8.78. The number of carbonyl (C=O) groups excluding carboxylic acids is 4. The van der Waals surface area contributed by atoms with Crippen LogP contribution in [0.25, 0.3) is 88.1 Å². The van der Waals surface area contributed by atoms with E-state index in [0.29, 0.717) is 64.0 Å². The minimum atomic E-state index is -0.309. The SMILES string of the molecule is CCCCCCCCN1C(=O)c2ccc3c4c(N5CCCC5CO)cc5c6c(ccc(c7c(-c8ccc(-c9cc(-c%10ccccn%10)nc(-c%10ccccn%10)c9)cc8)cc(c2c37)C1=O)c64)C(=O)N(CCCCCCCC)C5=O. The molecule has 12 rings (SSSR count). The number of rotatable bonds is 20. The molecule has 1 atom stereocenters. The van der Waals surface area contributed by atoms with Crippen LogP contribution in [-0.4, -0.2) is 85.8 Å². The third-order valence-corrected chi connectivity index (χ3v) is 16.6. The highest BCUT2D eigenvalue weighted by molar-refractivity contribution is 6.44. The summed E-state index contributed by atoms with van der Waals surface area (Å²) in [7, 11) is 0. The first-order chi connectivity index (χ1) is 37.8. The zero-order chi connectivity index (χ0) is 52.7. The average Bonchev–Trinajstić information content (AvgIpc) is 3.97. The maximum absolute atomic E-state index is 15.2. The van der Waals surface area contributed by atoms with Gasteiger partial charge < -0.3 is 10.0 Å². The Hall–Kier alpha value is -7.89. The van der Waals surface area contributed by atoms with Gasteiger partial charge in [-0.3, -0.25) is 38.9 Å². The highest BCUT2D eigenvalue weighted by atomic mass is 16.3. The molecule has 0 spiro atoms. The van der Waals surface area contributed by atoms with Gasteiger partial charge in [0.1, 0.15) is 0 Å². The first-order valence-corrected chi connectivity index (χ1v) is 28.1. The van der Waals surface area contributed by atoms with Crippen molar-refractivity contribution >= 4 is 72.4 Å². The van der Waals surface area contributed by atoms with Crippen molar-refractivity contribution in [3.63, 3.8) is 0 Å². The van der Waals surface area contributed by atoms with Gasteiger partial charge in [0.2, 0.25) is 0 Å². The number of hydrogen-bond donors (Lipinski definition) is 1. The molecule has 3 aliphatic rings. The molecular weight excluding hydrogens is 957 g/mol. The number of anilines is 1. The second-order valence-corrected chi connectivity index (χ2v) is 21.4. The van der Waals surface area contributed by atoms with E-state index in [2.05, 4.69) is 53.0 Å². The molecule has 6 aromatic carbocycles. The Morgan fingerprint density at radius 3 is 1.52 bits per heavy atom. The van der Waals surface area contributed by atoms with Crippen molar-refractivity contribution in [1.82, 2.24) is 24.8 Å². The molecule has 4 amide bonds. The summed E-state index contributed by atoms with van der Waals surface area (Å²) >= 11 is 0. The number of amides is 4. The standard InChI is InChI=1S/C66H64N6O5/c1-3-5-7-9-11-17-33-71-63(74)47-30-28-46-60-56(70-35-19-20-44(70)40-73)39-51-59-48(64(75)72(66(51)77)34-18-12-10-8-6-4-2)29-27-45(62(59)60)57-49(38-50(65(71)76)58(47)61(46)57)42-25-23-41(24-26-42)43-36-54(52-21-13-15-31-67-52)69-55(37-43)53-22-14-16-32-68-53/h13-16,21-32,36-39,44,73H,3-12,17-20,33-35,40H2,1-2H3. The van der Waals surface area contributed by atoms with Gasteiger partial charge in [0.05, 0.1) is 41.0 Å². The number of unbranched alkanes of at least 4 members (excludes halogenated alkanes) is 10. The predicted molar refractivity (Wildman–Crippen MR) is 308 cm³/mol. The fourth-order valence-corrected chi connectivity index (χ4v) is 12.7. The van der Waals surface area contributed by atoms with Gasteiger partial charge in [-0.15, -0.1) is 0 Å². The Kier molecular flexibility index (Phi) is 13.8. The quantitative estimate of drug-likeness (QED) is 0.0342. The van der Waals surface area contributed by atoms with Gasteiger partial charge in [0.25, 0.3) is 23.6 Å². The normalized spacial score (nSPS) is 15.5. The second kappa shape index (κ2) is 21.3. The number of imide groups is 2. The molecule has 11 heteroatoms. The lowest BCUT2D eigenvalue weighted by molar-refractivity contribution is 0.0592. The van der Waals surface area contributed by atoms with E-state index >= 15 is 9.59 Å². The van der Waals surface area contributed by atoms with E-state index in [1.165, 1.54) is 16.2 Å². The highest BCUT2D eigenvalue weighted by Gasteiger charge is 2.40. The monoisotopic (exact) mass is 1020 g/mol. The van der Waals surface area contributed by atoms with Crippen LogP contribution in [0.15, 0.2) is 122 Å². The summed E-state index contributed by atoms with van der Waals surface area (Å²) in [6, 6.07) is 35.6. The molecule has 0 aliphatic carbocycles. The van der Waals surface area contributed by atoms with Gasteiger partial charge in [-0.1, -0.05) is 127 Å². The minimum absolute atomic E-state index is 0.0582. The lowest BCUT2D eigenvalue weighted by Gasteiger charge is -2.34. The average molecular weight is 1020 g/mol. The van der Waals surface area contributed by atoms with Gasteiger partial charge >= 0.3 is 0 Å². The molecule has 0 radical (unpaired) electrons. The Bertz CT molecular complexity index is 3690. The summed E-state index contributed by atoms with van der Waals surface area (Å²) in [6.45, 7) is 5.67. The van der Waals surface area contributed by atoms with Crippen LogP contribution >= 0.6 is 0 Å². The van der Waals surface area contributed by atoms with Crippen molar-refractivity contribution in [1.29, 1.82) is 0 Å². The number of aromatic nitrogens is 3. The first-order valence-electron chi connectivity index (χ1n) is 28.1. The molecule has 1 unspecified atom stereocenters. The van der Waals surface area contributed by atoms with E-state index in [-0.39, 0.29) is 36.3 Å². The second-order valence-electron chi connectivity index (χ2n) is 21.4. The van der Waals surface area contributed by atoms with E-state index < -0.39 is 0 Å². The van der Waals surface area contributed by atoms with Crippen molar-refractivity contribution < 1.29 is 24.3 Å². The molecule has 388 valence electrons. The Balaban J connectivity index is 1.08. The molecule has 6 heterocycles. The fraction of sp³-hybridized carbons (Fsp3) is 0.318. The molecule has 11 nitrogen and oxygen atoms in total. The topological polar surface area (TPSA) is 137 Å². The van der Waals surface area contributed by atoms with Crippen LogP contribution in [0, 0.1) is 0 Å². The largest absolute Gasteiger partial charge is 0.394 e. The number of hydrogen-bond acceptors (Lipinski definition) is 9. The maximum Gasteiger partial charge on any atom is 0.261 e. The lowest BCUT2D eigenvalue weighted by Crippen LogP contribution is -2.41. The molecule has 3 aliphatic heterocycles. The highest BCUT2D eigenvalue weighted by Crippen LogP contribution is 2.53. The summed E-state index contributed by atoms with van der Waals surface area (Å²) < 4.78 is 0. The minimum Gasteiger partial charge on any atom is -0.394 e. The molecule has 1 saturated heterocycles. The third-order valence-electron chi connectivity index (χ3n) is 16.6. The number of nitrogens with zero attached hydrogens (tertiary/aromatic N) is 6. The lowest BCUT2D eigenvalue weighted by atomic mass is 9.79. The van der Waals surface area contributed by atoms with E-state index in [0.717, 1.165) is 155 Å². The van der Waals surface area contributed by atoms with Crippen LogP contribution in [0.2, 0.25) is 0 Å². The number of benzene rings is 6. The van der Waals surface area contributed by atoms with Crippen molar-refractivity contribution in [2.24, 2.45) is 0 Å². The maximum atomic E-state index is 15.2. The van der Waals surface area contributed by atoms with Crippen LogP contribution in [0.5, 0.6) is 0 Å². The van der Waals surface area contributed by atoms with Crippen molar-refractivity contribution in [2.75, 3.05) is 31.1 Å². The Morgan fingerprint density at radius 1 is 0.468 bits per heavy atom. The van der Waals surface area contributed by atoms with E-state index in [1.54, 1.807) is 12.4 Å². The molecule has 1 N–H and O–H groups in total. The predicted octanol–water partition coefficient (Wildman–Crippen LogP) is 14.5.